The van der Waals surface area contributed by atoms with Gasteiger partial charge < -0.3 is 10.1 Å². The maximum Gasteiger partial charge on any atom is 0.573 e. The number of aryl methyl sites for hydroxylation is 1. The molecule has 9 heteroatoms. The number of rotatable bonds is 4. The maximum absolute atomic E-state index is 13.1. The highest BCUT2D eigenvalue weighted by molar-refractivity contribution is 6.04. The SMILES string of the molecule is Cc1cc(NC(=O)c2ccc(OC(F)(F)F)cc2)n(-c2ccc(F)cc2)n1. The summed E-state index contributed by atoms with van der Waals surface area (Å²) in [5.41, 5.74) is 1.28. The number of anilines is 1. The summed E-state index contributed by atoms with van der Waals surface area (Å²) in [5.74, 6) is -1.04. The van der Waals surface area contributed by atoms with Crippen LogP contribution in [0.25, 0.3) is 5.69 Å². The van der Waals surface area contributed by atoms with Crippen molar-refractivity contribution in [1.82, 2.24) is 9.78 Å². The zero-order chi connectivity index (χ0) is 19.6. The molecule has 0 radical (unpaired) electrons. The van der Waals surface area contributed by atoms with Crippen molar-refractivity contribution in [3.8, 4) is 11.4 Å². The Hall–Kier alpha value is -3.36. The Labute approximate surface area is 151 Å². The van der Waals surface area contributed by atoms with E-state index in [1.54, 1.807) is 13.0 Å². The van der Waals surface area contributed by atoms with Gasteiger partial charge in [-0.2, -0.15) is 5.10 Å². The molecule has 0 bridgehead atoms. The number of carbonyl (C=O) groups excluding carboxylic acids is 1. The molecule has 0 aliphatic rings. The average Bonchev–Trinajstić information content (AvgIpc) is 2.95. The van der Waals surface area contributed by atoms with E-state index in [2.05, 4.69) is 15.2 Å². The predicted molar refractivity (Wildman–Crippen MR) is 89.3 cm³/mol. The van der Waals surface area contributed by atoms with Crippen LogP contribution in [0.3, 0.4) is 0 Å². The summed E-state index contributed by atoms with van der Waals surface area (Å²) in [4.78, 5) is 12.4. The van der Waals surface area contributed by atoms with Crippen molar-refractivity contribution in [3.05, 3.63) is 71.7 Å². The number of aromatic nitrogens is 2. The van der Waals surface area contributed by atoms with Crippen LogP contribution in [0, 0.1) is 12.7 Å². The Bertz CT molecular complexity index is 948. The van der Waals surface area contributed by atoms with Crippen molar-refractivity contribution < 1.29 is 27.1 Å². The lowest BCUT2D eigenvalue weighted by atomic mass is 10.2. The molecule has 140 valence electrons. The first-order valence-corrected chi connectivity index (χ1v) is 7.71. The number of halogens is 4. The second-order valence-corrected chi connectivity index (χ2v) is 5.59. The third-order valence-electron chi connectivity index (χ3n) is 3.49. The molecule has 0 aliphatic carbocycles. The second-order valence-electron chi connectivity index (χ2n) is 5.59. The first-order chi connectivity index (χ1) is 12.7. The number of alkyl halides is 3. The van der Waals surface area contributed by atoms with E-state index in [0.29, 0.717) is 17.2 Å². The van der Waals surface area contributed by atoms with Gasteiger partial charge in [-0.25, -0.2) is 9.07 Å². The van der Waals surface area contributed by atoms with E-state index in [0.717, 1.165) is 12.1 Å². The van der Waals surface area contributed by atoms with Crippen molar-refractivity contribution in [1.29, 1.82) is 0 Å². The zero-order valence-corrected chi connectivity index (χ0v) is 13.9. The number of hydrogen-bond donors (Lipinski definition) is 1. The number of ether oxygens (including phenoxy) is 1. The molecule has 0 fully saturated rings. The molecular weight excluding hydrogens is 366 g/mol. The van der Waals surface area contributed by atoms with Crippen LogP contribution in [0.15, 0.2) is 54.6 Å². The molecule has 1 N–H and O–H groups in total. The first kappa shape index (κ1) is 18.4. The van der Waals surface area contributed by atoms with E-state index in [4.69, 9.17) is 0 Å². The van der Waals surface area contributed by atoms with E-state index in [9.17, 15) is 22.4 Å². The minimum atomic E-state index is -4.80. The normalized spacial score (nSPS) is 11.3. The summed E-state index contributed by atoms with van der Waals surface area (Å²) < 4.78 is 54.8. The number of benzene rings is 2. The highest BCUT2D eigenvalue weighted by atomic mass is 19.4. The lowest BCUT2D eigenvalue weighted by Gasteiger charge is -2.10. The minimum absolute atomic E-state index is 0.133. The standard InChI is InChI=1S/C18H13F4N3O2/c1-11-10-16(25(24-11)14-6-4-13(19)5-7-14)23-17(26)12-2-8-15(9-3-12)27-18(20,21)22/h2-10H,1H3,(H,23,26). The number of nitrogens with zero attached hydrogens (tertiary/aromatic N) is 2. The van der Waals surface area contributed by atoms with Crippen molar-refractivity contribution >= 4 is 11.7 Å². The van der Waals surface area contributed by atoms with Crippen LogP contribution in [-0.2, 0) is 0 Å². The zero-order valence-electron chi connectivity index (χ0n) is 13.9. The summed E-state index contributed by atoms with van der Waals surface area (Å²) in [6, 6.07) is 11.7. The molecule has 0 aliphatic heterocycles. The maximum atomic E-state index is 13.1. The lowest BCUT2D eigenvalue weighted by Crippen LogP contribution is -2.18. The molecule has 2 aromatic carbocycles. The van der Waals surface area contributed by atoms with Gasteiger partial charge in [0.25, 0.3) is 5.91 Å². The summed E-state index contributed by atoms with van der Waals surface area (Å²) in [6.07, 6.45) is -4.80. The first-order valence-electron chi connectivity index (χ1n) is 7.71. The molecule has 0 unspecified atom stereocenters. The van der Waals surface area contributed by atoms with E-state index < -0.39 is 23.8 Å². The Kier molecular flexibility index (Phi) is 4.85. The Morgan fingerprint density at radius 3 is 2.30 bits per heavy atom. The van der Waals surface area contributed by atoms with Gasteiger partial charge >= 0.3 is 6.36 Å². The molecule has 27 heavy (non-hydrogen) atoms. The van der Waals surface area contributed by atoms with Gasteiger partial charge in [0.05, 0.1) is 11.4 Å². The third-order valence-corrected chi connectivity index (χ3v) is 3.49. The Morgan fingerprint density at radius 2 is 1.70 bits per heavy atom. The molecule has 1 aromatic heterocycles. The average molecular weight is 379 g/mol. The number of amides is 1. The Balaban J connectivity index is 1.79. The smallest absolute Gasteiger partial charge is 0.406 e. The molecule has 5 nitrogen and oxygen atoms in total. The van der Waals surface area contributed by atoms with Crippen molar-refractivity contribution in [2.24, 2.45) is 0 Å². The molecule has 3 rings (SSSR count). The number of hydrogen-bond acceptors (Lipinski definition) is 3. The summed E-state index contributed by atoms with van der Waals surface area (Å²) in [5, 5.41) is 6.88. The van der Waals surface area contributed by atoms with Gasteiger partial charge in [-0.3, -0.25) is 4.79 Å². The lowest BCUT2D eigenvalue weighted by molar-refractivity contribution is -0.274. The molecule has 1 heterocycles. The van der Waals surface area contributed by atoms with Gasteiger partial charge in [-0.15, -0.1) is 13.2 Å². The predicted octanol–water partition coefficient (Wildman–Crippen LogP) is 4.47. The monoisotopic (exact) mass is 379 g/mol. The highest BCUT2D eigenvalue weighted by Crippen LogP contribution is 2.23. The summed E-state index contributed by atoms with van der Waals surface area (Å²) in [6.45, 7) is 1.72. The quantitative estimate of drug-likeness (QED) is 0.681. The van der Waals surface area contributed by atoms with Crippen molar-refractivity contribution in [2.45, 2.75) is 13.3 Å². The number of carbonyl (C=O) groups is 1. The van der Waals surface area contributed by atoms with Gasteiger partial charge in [0.1, 0.15) is 17.4 Å². The van der Waals surface area contributed by atoms with Crippen LogP contribution in [0.4, 0.5) is 23.4 Å². The largest absolute Gasteiger partial charge is 0.573 e. The van der Waals surface area contributed by atoms with Crippen molar-refractivity contribution in [3.63, 3.8) is 0 Å². The third kappa shape index (κ3) is 4.63. The topological polar surface area (TPSA) is 56.1 Å². The fraction of sp³-hybridized carbons (Fsp3) is 0.111. The fourth-order valence-electron chi connectivity index (χ4n) is 2.36. The highest BCUT2D eigenvalue weighted by Gasteiger charge is 2.31. The minimum Gasteiger partial charge on any atom is -0.406 e. The van der Waals surface area contributed by atoms with Crippen molar-refractivity contribution in [2.75, 3.05) is 5.32 Å². The number of nitrogens with one attached hydrogen (secondary N) is 1. The molecule has 3 aromatic rings. The summed E-state index contributed by atoms with van der Waals surface area (Å²) >= 11 is 0. The van der Waals surface area contributed by atoms with Crippen LogP contribution in [-0.4, -0.2) is 22.1 Å². The fourth-order valence-corrected chi connectivity index (χ4v) is 2.36. The van der Waals surface area contributed by atoms with Gasteiger partial charge in [-0.1, -0.05) is 0 Å². The van der Waals surface area contributed by atoms with Crippen LogP contribution in [0.5, 0.6) is 5.75 Å². The van der Waals surface area contributed by atoms with Gasteiger partial charge in [0.2, 0.25) is 0 Å². The van der Waals surface area contributed by atoms with Crippen LogP contribution >= 0.6 is 0 Å². The Morgan fingerprint density at radius 1 is 1.07 bits per heavy atom. The van der Waals surface area contributed by atoms with E-state index in [1.165, 1.54) is 41.1 Å². The van der Waals surface area contributed by atoms with Gasteiger partial charge in [-0.05, 0) is 55.5 Å². The summed E-state index contributed by atoms with van der Waals surface area (Å²) in [7, 11) is 0. The van der Waals surface area contributed by atoms with E-state index >= 15 is 0 Å². The molecule has 0 saturated heterocycles. The molecular formula is C18H13F4N3O2. The molecule has 0 atom stereocenters. The van der Waals surface area contributed by atoms with E-state index in [-0.39, 0.29) is 5.56 Å². The van der Waals surface area contributed by atoms with Crippen LogP contribution < -0.4 is 10.1 Å². The molecule has 0 saturated carbocycles. The molecule has 1 amide bonds. The van der Waals surface area contributed by atoms with Crippen LogP contribution in [0.2, 0.25) is 0 Å². The second kappa shape index (κ2) is 7.10. The van der Waals surface area contributed by atoms with Gasteiger partial charge in [0, 0.05) is 11.6 Å². The van der Waals surface area contributed by atoms with Crippen LogP contribution in [0.1, 0.15) is 16.1 Å². The molecule has 0 spiro atoms. The van der Waals surface area contributed by atoms with Gasteiger partial charge in [0.15, 0.2) is 0 Å². The van der Waals surface area contributed by atoms with E-state index in [1.807, 2.05) is 0 Å².